The van der Waals surface area contributed by atoms with Crippen molar-refractivity contribution in [1.82, 2.24) is 4.90 Å². The average Bonchev–Trinajstić information content (AvgIpc) is 3.32. The zero-order valence-corrected chi connectivity index (χ0v) is 24.4. The van der Waals surface area contributed by atoms with E-state index in [1.165, 1.54) is 0 Å². The molecule has 2 saturated heterocycles. The largest absolute Gasteiger partial charge is 0.465 e. The third-order valence-corrected chi connectivity index (χ3v) is 10.5. The maximum atomic E-state index is 14.5. The number of aliphatic hydroxyl groups excluding tert-OH is 1. The molecule has 1 aromatic carbocycles. The summed E-state index contributed by atoms with van der Waals surface area (Å²) in [6, 6.07) is 7.37. The minimum absolute atomic E-state index is 0.106. The average molecular weight is 568 g/mol. The number of unbranched alkanes of at least 4 members (excludes halogenated alkanes) is 3. The molecular formula is C31H41N3O5S. The lowest BCUT2D eigenvalue weighted by atomic mass is 9.78. The van der Waals surface area contributed by atoms with Gasteiger partial charge in [0.05, 0.1) is 23.2 Å². The van der Waals surface area contributed by atoms with Crippen molar-refractivity contribution in [2.24, 2.45) is 11.8 Å². The highest BCUT2D eigenvalue weighted by atomic mass is 32.2. The number of benzene rings is 1. The summed E-state index contributed by atoms with van der Waals surface area (Å²) < 4.78 is 4.73. The van der Waals surface area contributed by atoms with Gasteiger partial charge in [-0.05, 0) is 57.4 Å². The number of esters is 1. The highest BCUT2D eigenvalue weighted by molar-refractivity contribution is 8.02. The fraction of sp³-hybridized carbons (Fsp3) is 0.581. The number of cyclic esters (lactones) is 1. The molecule has 4 aliphatic heterocycles. The molecule has 2 fully saturated rings. The minimum Gasteiger partial charge on any atom is -0.465 e. The Morgan fingerprint density at radius 1 is 1.02 bits per heavy atom. The molecule has 0 aliphatic carbocycles. The molecule has 1 N–H and O–H groups in total. The predicted molar refractivity (Wildman–Crippen MR) is 158 cm³/mol. The minimum atomic E-state index is -0.835. The van der Waals surface area contributed by atoms with Gasteiger partial charge in [0.1, 0.15) is 6.04 Å². The molecule has 9 heteroatoms. The van der Waals surface area contributed by atoms with Gasteiger partial charge in [-0.3, -0.25) is 14.4 Å². The SMILES string of the molecule is CCN(CC)c1ccc(N2CC=C[C@]34S[C@H]5C=CCCOC(=O)[C@H]5[C@H]3C(=O)N(CCCCCCO)C4C2=O)cc1. The molecule has 216 valence electrons. The van der Waals surface area contributed by atoms with E-state index in [0.717, 1.165) is 50.1 Å². The number of carbonyl (C=O) groups is 3. The number of likely N-dealkylation sites (tertiary alicyclic amines) is 1. The molecule has 4 aliphatic rings. The fourth-order valence-electron chi connectivity index (χ4n) is 6.76. The van der Waals surface area contributed by atoms with Gasteiger partial charge in [0.2, 0.25) is 5.91 Å². The van der Waals surface area contributed by atoms with Crippen LogP contribution in [0.25, 0.3) is 0 Å². The van der Waals surface area contributed by atoms with Crippen molar-refractivity contribution in [3.05, 3.63) is 48.6 Å². The topological polar surface area (TPSA) is 90.4 Å². The molecule has 0 aromatic heterocycles. The van der Waals surface area contributed by atoms with Crippen LogP contribution in [-0.2, 0) is 19.1 Å². The highest BCUT2D eigenvalue weighted by Gasteiger charge is 2.70. The number of hydrogen-bond acceptors (Lipinski definition) is 7. The molecule has 40 heavy (non-hydrogen) atoms. The van der Waals surface area contributed by atoms with Crippen molar-refractivity contribution in [1.29, 1.82) is 0 Å². The summed E-state index contributed by atoms with van der Waals surface area (Å²) in [5.74, 6) is -1.84. The first-order valence-electron chi connectivity index (χ1n) is 14.7. The van der Waals surface area contributed by atoms with Crippen LogP contribution in [0.2, 0.25) is 0 Å². The van der Waals surface area contributed by atoms with E-state index < -0.39 is 22.6 Å². The van der Waals surface area contributed by atoms with Gasteiger partial charge < -0.3 is 24.5 Å². The van der Waals surface area contributed by atoms with Gasteiger partial charge in [-0.25, -0.2) is 0 Å². The molecule has 1 unspecified atom stereocenters. The maximum Gasteiger partial charge on any atom is 0.311 e. The molecule has 1 aromatic rings. The molecule has 5 rings (SSSR count). The molecular weight excluding hydrogens is 526 g/mol. The van der Waals surface area contributed by atoms with Crippen molar-refractivity contribution < 1.29 is 24.2 Å². The van der Waals surface area contributed by atoms with Gasteiger partial charge in [-0.15, -0.1) is 11.8 Å². The summed E-state index contributed by atoms with van der Waals surface area (Å²) in [7, 11) is 0. The first kappa shape index (κ1) is 28.7. The van der Waals surface area contributed by atoms with Gasteiger partial charge in [0, 0.05) is 49.4 Å². The van der Waals surface area contributed by atoms with Crippen molar-refractivity contribution in [3.63, 3.8) is 0 Å². The predicted octanol–water partition coefficient (Wildman–Crippen LogP) is 3.79. The van der Waals surface area contributed by atoms with Crippen molar-refractivity contribution >= 4 is 40.9 Å². The van der Waals surface area contributed by atoms with E-state index in [4.69, 9.17) is 9.84 Å². The Hall–Kier alpha value is -2.78. The molecule has 4 heterocycles. The quantitative estimate of drug-likeness (QED) is 0.261. The Balaban J connectivity index is 1.50. The lowest BCUT2D eigenvalue weighted by molar-refractivity contribution is -0.153. The summed E-state index contributed by atoms with van der Waals surface area (Å²) in [4.78, 5) is 47.7. The van der Waals surface area contributed by atoms with E-state index in [1.807, 2.05) is 48.6 Å². The molecule has 0 saturated carbocycles. The Bertz CT molecular complexity index is 1150. The molecule has 0 bridgehead atoms. The lowest BCUT2D eigenvalue weighted by Gasteiger charge is -2.35. The third-order valence-electron chi connectivity index (χ3n) is 8.72. The Morgan fingerprint density at radius 2 is 1.77 bits per heavy atom. The molecule has 1 spiro atoms. The van der Waals surface area contributed by atoms with E-state index >= 15 is 0 Å². The van der Waals surface area contributed by atoms with Gasteiger partial charge in [0.15, 0.2) is 0 Å². The first-order chi connectivity index (χ1) is 19.5. The number of hydrogen-bond donors (Lipinski definition) is 1. The smallest absolute Gasteiger partial charge is 0.311 e. The van der Waals surface area contributed by atoms with Gasteiger partial charge >= 0.3 is 5.97 Å². The fourth-order valence-corrected chi connectivity index (χ4v) is 8.76. The van der Waals surface area contributed by atoms with Crippen LogP contribution in [0.5, 0.6) is 0 Å². The van der Waals surface area contributed by atoms with Crippen molar-refractivity contribution in [3.8, 4) is 0 Å². The van der Waals surface area contributed by atoms with E-state index in [0.29, 0.717) is 26.1 Å². The maximum absolute atomic E-state index is 14.5. The van der Waals surface area contributed by atoms with Crippen LogP contribution < -0.4 is 9.80 Å². The number of ether oxygens (including phenoxy) is 1. The van der Waals surface area contributed by atoms with Gasteiger partial charge in [-0.1, -0.05) is 37.1 Å². The Morgan fingerprint density at radius 3 is 2.50 bits per heavy atom. The molecule has 0 radical (unpaired) electrons. The monoisotopic (exact) mass is 567 g/mol. The van der Waals surface area contributed by atoms with Crippen LogP contribution in [0.15, 0.2) is 48.6 Å². The second kappa shape index (κ2) is 12.4. The zero-order valence-electron chi connectivity index (χ0n) is 23.5. The standard InChI is InChI=1S/C31H41N3O5S/c1-3-32(4-2)22-13-15-23(16-14-22)33-19-11-17-31-26(25-24(40-31)12-7-10-21-39-30(25)38)28(36)34(27(31)29(33)37)18-8-5-6-9-20-35/h7,11-17,24-27,35H,3-6,8-10,18-21H2,1-2H3/t24-,25+,26-,27?,31-/m0/s1. The molecule has 5 atom stereocenters. The molecule has 2 amide bonds. The van der Waals surface area contributed by atoms with Gasteiger partial charge in [0.25, 0.3) is 5.91 Å². The number of rotatable bonds is 10. The van der Waals surface area contributed by atoms with Crippen molar-refractivity contribution in [2.45, 2.75) is 62.0 Å². The third kappa shape index (κ3) is 5.07. The van der Waals surface area contributed by atoms with Crippen LogP contribution in [0, 0.1) is 11.8 Å². The van der Waals surface area contributed by atoms with Crippen LogP contribution >= 0.6 is 11.8 Å². The first-order valence-corrected chi connectivity index (χ1v) is 15.6. The number of nitrogens with zero attached hydrogens (tertiary/aromatic N) is 3. The highest BCUT2D eigenvalue weighted by Crippen LogP contribution is 2.61. The van der Waals surface area contributed by atoms with E-state index in [9.17, 15) is 14.4 Å². The summed E-state index contributed by atoms with van der Waals surface area (Å²) in [6.07, 6.45) is 12.0. The van der Waals surface area contributed by atoms with Crippen LogP contribution in [0.1, 0.15) is 46.0 Å². The van der Waals surface area contributed by atoms with Crippen molar-refractivity contribution in [2.75, 3.05) is 49.2 Å². The van der Waals surface area contributed by atoms with E-state index in [2.05, 4.69) is 18.7 Å². The van der Waals surface area contributed by atoms with Gasteiger partial charge in [-0.2, -0.15) is 0 Å². The number of carbonyl (C=O) groups excluding carboxylic acids is 3. The summed E-state index contributed by atoms with van der Waals surface area (Å²) in [5.41, 5.74) is 1.91. The van der Waals surface area contributed by atoms with E-state index in [-0.39, 0.29) is 29.6 Å². The van der Waals surface area contributed by atoms with Crippen LogP contribution in [-0.4, -0.2) is 83.2 Å². The normalized spacial score (nSPS) is 29.4. The Kier molecular flexibility index (Phi) is 8.90. The summed E-state index contributed by atoms with van der Waals surface area (Å²) in [5, 5.41) is 8.95. The number of fused-ring (bicyclic) bond motifs is 2. The zero-order chi connectivity index (χ0) is 28.3. The number of anilines is 2. The summed E-state index contributed by atoms with van der Waals surface area (Å²) in [6.45, 7) is 7.36. The second-order valence-electron chi connectivity index (χ2n) is 10.9. The second-order valence-corrected chi connectivity index (χ2v) is 12.4. The van der Waals surface area contributed by atoms with Crippen LogP contribution in [0.3, 0.4) is 0 Å². The number of thioether (sulfide) groups is 1. The molecule has 8 nitrogen and oxygen atoms in total. The number of aliphatic hydroxyl groups is 1. The van der Waals surface area contributed by atoms with E-state index in [1.54, 1.807) is 21.6 Å². The lowest BCUT2D eigenvalue weighted by Crippen LogP contribution is -2.53. The van der Waals surface area contributed by atoms with Crippen LogP contribution in [0.4, 0.5) is 11.4 Å². The number of amides is 2. The Labute approximate surface area is 241 Å². The summed E-state index contributed by atoms with van der Waals surface area (Å²) >= 11 is 1.58.